The molecule has 2 amide bonds. The summed E-state index contributed by atoms with van der Waals surface area (Å²) in [5.74, 6) is -1.44. The zero-order valence-electron chi connectivity index (χ0n) is 24.4. The van der Waals surface area contributed by atoms with Gasteiger partial charge in [0.2, 0.25) is 5.91 Å². The predicted octanol–water partition coefficient (Wildman–Crippen LogP) is 3.79. The number of fused-ring (bicyclic) bond motifs is 1. The molecule has 11 nitrogen and oxygen atoms in total. The lowest BCUT2D eigenvalue weighted by Gasteiger charge is -2.37. The molecule has 0 radical (unpaired) electrons. The Kier molecular flexibility index (Phi) is 8.48. The van der Waals surface area contributed by atoms with E-state index in [9.17, 15) is 27.6 Å². The molecule has 3 aromatic heterocycles. The molecule has 5 rings (SSSR count). The third-order valence-corrected chi connectivity index (χ3v) is 8.86. The van der Waals surface area contributed by atoms with E-state index in [4.69, 9.17) is 9.72 Å². The molecule has 2 unspecified atom stereocenters. The fraction of sp³-hybridized carbons (Fsp3) is 0.586. The van der Waals surface area contributed by atoms with Gasteiger partial charge >= 0.3 is 12.1 Å². The molecule has 2 aliphatic rings. The molecule has 43 heavy (non-hydrogen) atoms. The van der Waals surface area contributed by atoms with Gasteiger partial charge in [-0.1, -0.05) is 19.8 Å². The lowest BCUT2D eigenvalue weighted by atomic mass is 9.73. The van der Waals surface area contributed by atoms with Crippen molar-refractivity contribution in [3.63, 3.8) is 0 Å². The van der Waals surface area contributed by atoms with Crippen LogP contribution in [0.15, 0.2) is 30.7 Å². The van der Waals surface area contributed by atoms with Gasteiger partial charge in [-0.15, -0.1) is 0 Å². The maximum Gasteiger partial charge on any atom is 0.408 e. The fourth-order valence-electron chi connectivity index (χ4n) is 6.32. The summed E-state index contributed by atoms with van der Waals surface area (Å²) < 4.78 is 47.9. The number of esters is 1. The van der Waals surface area contributed by atoms with Crippen LogP contribution >= 0.6 is 0 Å². The second kappa shape index (κ2) is 12.0. The van der Waals surface area contributed by atoms with Crippen LogP contribution in [0.3, 0.4) is 0 Å². The van der Waals surface area contributed by atoms with E-state index in [1.54, 1.807) is 33.7 Å². The summed E-state index contributed by atoms with van der Waals surface area (Å²) in [6, 6.07) is 0.902. The number of carbonyl (C=O) groups is 3. The molecule has 4 heterocycles. The summed E-state index contributed by atoms with van der Waals surface area (Å²) in [6.45, 7) is 4.67. The smallest absolute Gasteiger partial charge is 0.408 e. The highest BCUT2D eigenvalue weighted by Crippen LogP contribution is 2.39. The van der Waals surface area contributed by atoms with Crippen LogP contribution in [0.1, 0.15) is 80.2 Å². The first-order valence-corrected chi connectivity index (χ1v) is 14.6. The van der Waals surface area contributed by atoms with Gasteiger partial charge in [0.25, 0.3) is 5.91 Å². The molecular formula is C29H36F3N7O4. The molecule has 2 fully saturated rings. The summed E-state index contributed by atoms with van der Waals surface area (Å²) >= 11 is 0. The average Bonchev–Trinajstić information content (AvgIpc) is 3.63. The maximum atomic E-state index is 13.3. The quantitative estimate of drug-likeness (QED) is 0.296. The highest BCUT2D eigenvalue weighted by atomic mass is 19.4. The van der Waals surface area contributed by atoms with Crippen molar-refractivity contribution in [2.45, 2.75) is 83.6 Å². The summed E-state index contributed by atoms with van der Waals surface area (Å²) in [5.41, 5.74) is 0.0935. The number of nitrogens with one attached hydrogen (secondary N) is 2. The van der Waals surface area contributed by atoms with Gasteiger partial charge in [0.15, 0.2) is 11.1 Å². The van der Waals surface area contributed by atoms with Gasteiger partial charge in [-0.3, -0.25) is 19.1 Å². The standard InChI is InChI=1S/C29H36F3N7O4/c1-4-38-21(10-12-33-38)25(40)37-24(19-7-5-17(2)6-8-19)20-16-39-23(35-20)13-18(15-34-39)14-28(27(42)43-3)11-9-22(29(30,31)32)36-26(28)41/h10,12-13,15-17,19,22,24H,4-9,11,14H2,1-3H3,(H,36,41)(H,37,40)/t17?,19?,22?,24-,28?/m0/s1. The van der Waals surface area contributed by atoms with Crippen LogP contribution in [-0.4, -0.2) is 61.5 Å². The number of aromatic nitrogens is 5. The predicted molar refractivity (Wildman–Crippen MR) is 148 cm³/mol. The van der Waals surface area contributed by atoms with Crippen molar-refractivity contribution in [1.29, 1.82) is 0 Å². The zero-order chi connectivity index (χ0) is 30.9. The number of piperidine rings is 1. The van der Waals surface area contributed by atoms with Gasteiger partial charge in [-0.25, -0.2) is 9.50 Å². The first-order chi connectivity index (χ1) is 20.4. The number of methoxy groups -OCH3 is 1. The number of halogens is 3. The summed E-state index contributed by atoms with van der Waals surface area (Å²) in [7, 11) is 1.10. The molecule has 1 saturated heterocycles. The minimum absolute atomic E-state index is 0.151. The molecule has 0 bridgehead atoms. The molecule has 0 aromatic carbocycles. The number of amides is 2. The minimum Gasteiger partial charge on any atom is -0.468 e. The third-order valence-electron chi connectivity index (χ3n) is 8.86. The van der Waals surface area contributed by atoms with Crippen molar-refractivity contribution in [3.05, 3.63) is 47.7 Å². The van der Waals surface area contributed by atoms with Gasteiger partial charge in [-0.05, 0) is 68.6 Å². The number of hydrogen-bond acceptors (Lipinski definition) is 7. The van der Waals surface area contributed by atoms with E-state index >= 15 is 0 Å². The van der Waals surface area contributed by atoms with Crippen molar-refractivity contribution < 1.29 is 32.3 Å². The number of alkyl halides is 3. The Hall–Kier alpha value is -3.97. The number of nitrogens with zero attached hydrogens (tertiary/aromatic N) is 5. The Labute approximate surface area is 246 Å². The molecular weight excluding hydrogens is 567 g/mol. The van der Waals surface area contributed by atoms with Crippen LogP contribution in [-0.2, 0) is 27.3 Å². The van der Waals surface area contributed by atoms with Gasteiger partial charge in [0.05, 0.1) is 31.2 Å². The van der Waals surface area contributed by atoms with E-state index < -0.39 is 42.0 Å². The zero-order valence-corrected chi connectivity index (χ0v) is 24.4. The van der Waals surface area contributed by atoms with Crippen molar-refractivity contribution in [1.82, 2.24) is 35.0 Å². The molecule has 3 aromatic rings. The monoisotopic (exact) mass is 603 g/mol. The number of rotatable bonds is 8. The molecule has 232 valence electrons. The normalized spacial score (nSPS) is 25.3. The number of aryl methyl sites for hydroxylation is 1. The van der Waals surface area contributed by atoms with E-state index in [-0.39, 0.29) is 24.7 Å². The van der Waals surface area contributed by atoms with Gasteiger partial charge in [-0.2, -0.15) is 23.4 Å². The number of hydrogen-bond donors (Lipinski definition) is 2. The van der Waals surface area contributed by atoms with E-state index in [0.717, 1.165) is 32.8 Å². The lowest BCUT2D eigenvalue weighted by Crippen LogP contribution is -2.59. The van der Waals surface area contributed by atoms with Crippen molar-refractivity contribution >= 4 is 23.4 Å². The van der Waals surface area contributed by atoms with Gasteiger partial charge < -0.3 is 15.4 Å². The SMILES string of the molecule is CCn1nccc1C(=O)N[C@H](c1cn2ncc(CC3(C(=O)OC)CCC(C(F)(F)F)NC3=O)cc2n1)C1CCC(C)CC1. The first-order valence-electron chi connectivity index (χ1n) is 14.6. The van der Waals surface area contributed by atoms with Crippen LogP contribution < -0.4 is 10.6 Å². The summed E-state index contributed by atoms with van der Waals surface area (Å²) in [4.78, 5) is 43.9. The van der Waals surface area contributed by atoms with Gasteiger partial charge in [0, 0.05) is 12.7 Å². The van der Waals surface area contributed by atoms with Crippen LogP contribution in [0, 0.1) is 17.3 Å². The Morgan fingerprint density at radius 2 is 1.95 bits per heavy atom. The van der Waals surface area contributed by atoms with Crippen LogP contribution in [0.2, 0.25) is 0 Å². The molecule has 3 atom stereocenters. The topological polar surface area (TPSA) is 133 Å². The van der Waals surface area contributed by atoms with E-state index in [2.05, 4.69) is 22.4 Å². The summed E-state index contributed by atoms with van der Waals surface area (Å²) in [6.07, 6.45) is 3.09. The largest absolute Gasteiger partial charge is 0.468 e. The van der Waals surface area contributed by atoms with E-state index in [1.807, 2.05) is 12.2 Å². The first kappa shape index (κ1) is 30.5. The van der Waals surface area contributed by atoms with Crippen LogP contribution in [0.25, 0.3) is 5.65 Å². The maximum absolute atomic E-state index is 13.3. The number of imidazole rings is 1. The highest BCUT2D eigenvalue weighted by molar-refractivity contribution is 6.03. The molecule has 1 aliphatic heterocycles. The fourth-order valence-corrected chi connectivity index (χ4v) is 6.32. The van der Waals surface area contributed by atoms with Crippen molar-refractivity contribution in [2.75, 3.05) is 7.11 Å². The van der Waals surface area contributed by atoms with Crippen molar-refractivity contribution in [2.24, 2.45) is 17.3 Å². The van der Waals surface area contributed by atoms with Crippen molar-refractivity contribution in [3.8, 4) is 0 Å². The highest BCUT2D eigenvalue weighted by Gasteiger charge is 2.55. The van der Waals surface area contributed by atoms with E-state index in [0.29, 0.717) is 35.1 Å². The average molecular weight is 604 g/mol. The minimum atomic E-state index is -4.62. The molecule has 2 N–H and O–H groups in total. The number of carbonyl (C=O) groups excluding carboxylic acids is 3. The van der Waals surface area contributed by atoms with Gasteiger partial charge in [0.1, 0.15) is 11.7 Å². The Morgan fingerprint density at radius 3 is 2.60 bits per heavy atom. The van der Waals surface area contributed by atoms with Crippen LogP contribution in [0.4, 0.5) is 13.2 Å². The molecule has 1 aliphatic carbocycles. The molecule has 1 saturated carbocycles. The van der Waals surface area contributed by atoms with E-state index in [1.165, 1.54) is 6.20 Å². The van der Waals surface area contributed by atoms with Crippen LogP contribution in [0.5, 0.6) is 0 Å². The summed E-state index contributed by atoms with van der Waals surface area (Å²) in [5, 5.41) is 13.8. The Morgan fingerprint density at radius 1 is 1.21 bits per heavy atom. The molecule has 14 heteroatoms. The number of ether oxygens (including phenoxy) is 1. The lowest BCUT2D eigenvalue weighted by molar-refractivity contribution is -0.181. The third kappa shape index (κ3) is 6.09. The Balaban J connectivity index is 1.43. The molecule has 0 spiro atoms. The second-order valence-electron chi connectivity index (χ2n) is 11.7. The second-order valence-corrected chi connectivity index (χ2v) is 11.7. The Bertz CT molecular complexity index is 1490.